The molecule has 0 saturated heterocycles. The van der Waals surface area contributed by atoms with Gasteiger partial charge in [0.25, 0.3) is 0 Å². The Bertz CT molecular complexity index is 557. The number of benzene rings is 1. The average Bonchev–Trinajstić information content (AvgIpc) is 2.30. The Balaban J connectivity index is 2.33. The van der Waals surface area contributed by atoms with Crippen LogP contribution in [0.3, 0.4) is 0 Å². The van der Waals surface area contributed by atoms with Crippen molar-refractivity contribution in [2.24, 2.45) is 0 Å². The maximum Gasteiger partial charge on any atom is 0.226 e. The first-order chi connectivity index (χ1) is 8.58. The number of nitrogens with zero attached hydrogens (tertiary/aromatic N) is 2. The van der Waals surface area contributed by atoms with Crippen LogP contribution < -0.4 is 10.1 Å². The fourth-order valence-electron chi connectivity index (χ4n) is 1.35. The van der Waals surface area contributed by atoms with Crippen molar-refractivity contribution in [3.63, 3.8) is 0 Å². The van der Waals surface area contributed by atoms with Gasteiger partial charge in [0, 0.05) is 29.3 Å². The molecule has 0 amide bonds. The highest BCUT2D eigenvalue weighted by atomic mass is 79.9. The molecule has 0 fully saturated rings. The topological polar surface area (TPSA) is 47.0 Å². The number of hydrogen-bond donors (Lipinski definition) is 1. The number of rotatable bonds is 3. The van der Waals surface area contributed by atoms with E-state index in [2.05, 4.69) is 31.2 Å². The van der Waals surface area contributed by atoms with Crippen molar-refractivity contribution in [3.05, 3.63) is 40.2 Å². The monoisotopic (exact) mass is 311 g/mol. The van der Waals surface area contributed by atoms with Crippen molar-refractivity contribution in [3.8, 4) is 11.6 Å². The van der Waals surface area contributed by atoms with Crippen LogP contribution >= 0.6 is 15.9 Å². The van der Waals surface area contributed by atoms with Gasteiger partial charge in [-0.1, -0.05) is 15.9 Å². The van der Waals surface area contributed by atoms with E-state index in [0.717, 1.165) is 5.56 Å². The lowest BCUT2D eigenvalue weighted by molar-refractivity contribution is 0.453. The lowest BCUT2D eigenvalue weighted by atomic mass is 10.3. The highest BCUT2D eigenvalue weighted by Gasteiger charge is 2.07. The molecule has 4 nitrogen and oxygen atoms in total. The lowest BCUT2D eigenvalue weighted by Gasteiger charge is -2.09. The molecule has 0 atom stereocenters. The second-order valence-corrected chi connectivity index (χ2v) is 4.55. The van der Waals surface area contributed by atoms with E-state index in [9.17, 15) is 4.39 Å². The van der Waals surface area contributed by atoms with Crippen molar-refractivity contribution >= 4 is 21.9 Å². The zero-order valence-corrected chi connectivity index (χ0v) is 11.5. The first kappa shape index (κ1) is 12.8. The van der Waals surface area contributed by atoms with Crippen LogP contribution in [0, 0.1) is 12.7 Å². The van der Waals surface area contributed by atoms with Crippen LogP contribution in [0.25, 0.3) is 0 Å². The highest BCUT2D eigenvalue weighted by Crippen LogP contribution is 2.26. The van der Waals surface area contributed by atoms with Gasteiger partial charge in [-0.15, -0.1) is 0 Å². The third-order valence-corrected chi connectivity index (χ3v) is 2.66. The Labute approximate surface area is 112 Å². The van der Waals surface area contributed by atoms with E-state index in [4.69, 9.17) is 4.74 Å². The van der Waals surface area contributed by atoms with E-state index in [1.54, 1.807) is 19.3 Å². The molecule has 0 bridgehead atoms. The molecule has 0 saturated carbocycles. The minimum absolute atomic E-state index is 0.375. The maximum absolute atomic E-state index is 13.2. The van der Waals surface area contributed by atoms with Crippen LogP contribution in [0.5, 0.6) is 11.6 Å². The van der Waals surface area contributed by atoms with Crippen molar-refractivity contribution in [2.45, 2.75) is 6.92 Å². The van der Waals surface area contributed by atoms with Crippen LogP contribution in [-0.2, 0) is 0 Å². The quantitative estimate of drug-likeness (QED) is 0.942. The van der Waals surface area contributed by atoms with Crippen LogP contribution in [0.15, 0.2) is 28.9 Å². The normalized spacial score (nSPS) is 10.2. The Morgan fingerprint density at radius 1 is 1.33 bits per heavy atom. The highest BCUT2D eigenvalue weighted by molar-refractivity contribution is 9.10. The summed E-state index contributed by atoms with van der Waals surface area (Å²) in [5.74, 6) is 0.851. The fraction of sp³-hybridized carbons (Fsp3) is 0.167. The largest absolute Gasteiger partial charge is 0.438 e. The Hall–Kier alpha value is -1.69. The predicted molar refractivity (Wildman–Crippen MR) is 70.5 cm³/mol. The molecule has 0 spiro atoms. The molecule has 1 heterocycles. The summed E-state index contributed by atoms with van der Waals surface area (Å²) in [6, 6.07) is 4.33. The van der Waals surface area contributed by atoms with Gasteiger partial charge in [0.05, 0.1) is 0 Å². The molecule has 0 aliphatic carbocycles. The summed E-state index contributed by atoms with van der Waals surface area (Å²) in [7, 11) is 1.72. The van der Waals surface area contributed by atoms with Crippen LogP contribution in [0.2, 0.25) is 0 Å². The molecule has 6 heteroatoms. The molecule has 2 aromatic rings. The van der Waals surface area contributed by atoms with E-state index >= 15 is 0 Å². The Kier molecular flexibility index (Phi) is 3.76. The molecule has 0 unspecified atom stereocenters. The molecule has 1 aromatic carbocycles. The van der Waals surface area contributed by atoms with Crippen molar-refractivity contribution in [1.29, 1.82) is 0 Å². The predicted octanol–water partition coefficient (Wildman–Crippen LogP) is 3.52. The molecule has 0 radical (unpaired) electrons. The van der Waals surface area contributed by atoms with Gasteiger partial charge in [-0.25, -0.2) is 9.37 Å². The number of ether oxygens (including phenoxy) is 1. The SMILES string of the molecule is CNc1ncc(C)c(Oc2cc(F)cc(Br)c2)n1. The smallest absolute Gasteiger partial charge is 0.226 e. The van der Waals surface area contributed by atoms with E-state index in [1.165, 1.54) is 12.1 Å². The van der Waals surface area contributed by atoms with Crippen molar-refractivity contribution < 1.29 is 9.13 Å². The number of aromatic nitrogens is 2. The summed E-state index contributed by atoms with van der Waals surface area (Å²) in [6.07, 6.45) is 1.64. The molecule has 2 rings (SSSR count). The molecule has 18 heavy (non-hydrogen) atoms. The van der Waals surface area contributed by atoms with E-state index in [0.29, 0.717) is 22.1 Å². The van der Waals surface area contributed by atoms with E-state index < -0.39 is 0 Å². The summed E-state index contributed by atoms with van der Waals surface area (Å²) in [4.78, 5) is 8.21. The molecule has 0 aliphatic rings. The van der Waals surface area contributed by atoms with Gasteiger partial charge in [0.15, 0.2) is 0 Å². The van der Waals surface area contributed by atoms with Gasteiger partial charge in [-0.2, -0.15) is 4.98 Å². The summed E-state index contributed by atoms with van der Waals surface area (Å²) >= 11 is 3.21. The molecule has 1 aromatic heterocycles. The molecule has 1 N–H and O–H groups in total. The summed E-state index contributed by atoms with van der Waals surface area (Å²) in [5, 5.41) is 2.82. The maximum atomic E-state index is 13.2. The summed E-state index contributed by atoms with van der Waals surface area (Å²) in [5.41, 5.74) is 0.773. The van der Waals surface area contributed by atoms with E-state index in [-0.39, 0.29) is 5.82 Å². The second kappa shape index (κ2) is 5.30. The average molecular weight is 312 g/mol. The minimum atomic E-state index is -0.375. The molecule has 0 aliphatic heterocycles. The number of hydrogen-bond acceptors (Lipinski definition) is 4. The number of nitrogens with one attached hydrogen (secondary N) is 1. The zero-order chi connectivity index (χ0) is 13.1. The first-order valence-electron chi connectivity index (χ1n) is 5.24. The first-order valence-corrected chi connectivity index (χ1v) is 6.03. The summed E-state index contributed by atoms with van der Waals surface area (Å²) in [6.45, 7) is 1.82. The van der Waals surface area contributed by atoms with Gasteiger partial charge >= 0.3 is 0 Å². The summed E-state index contributed by atoms with van der Waals surface area (Å²) < 4.78 is 19.4. The Morgan fingerprint density at radius 3 is 2.78 bits per heavy atom. The number of anilines is 1. The van der Waals surface area contributed by atoms with Gasteiger partial charge in [-0.3, -0.25) is 0 Å². The third kappa shape index (κ3) is 2.95. The fourth-order valence-corrected chi connectivity index (χ4v) is 1.79. The van der Waals surface area contributed by atoms with Crippen molar-refractivity contribution in [2.75, 3.05) is 12.4 Å². The van der Waals surface area contributed by atoms with Crippen LogP contribution in [-0.4, -0.2) is 17.0 Å². The van der Waals surface area contributed by atoms with Gasteiger partial charge < -0.3 is 10.1 Å². The zero-order valence-electron chi connectivity index (χ0n) is 9.87. The Morgan fingerprint density at radius 2 is 2.11 bits per heavy atom. The molecule has 94 valence electrons. The van der Waals surface area contributed by atoms with Gasteiger partial charge in [0.2, 0.25) is 11.8 Å². The third-order valence-electron chi connectivity index (χ3n) is 2.20. The lowest BCUT2D eigenvalue weighted by Crippen LogP contribution is -1.99. The second-order valence-electron chi connectivity index (χ2n) is 3.64. The van der Waals surface area contributed by atoms with E-state index in [1.807, 2.05) is 6.92 Å². The number of halogens is 2. The standard InChI is InChI=1S/C12H11BrFN3O/c1-7-6-16-12(15-2)17-11(7)18-10-4-8(13)3-9(14)5-10/h3-6H,1-2H3,(H,15,16,17). The molecular weight excluding hydrogens is 301 g/mol. The van der Waals surface area contributed by atoms with Crippen molar-refractivity contribution in [1.82, 2.24) is 9.97 Å². The van der Waals surface area contributed by atoms with Gasteiger partial charge in [0.1, 0.15) is 11.6 Å². The molecular formula is C12H11BrFN3O. The minimum Gasteiger partial charge on any atom is -0.438 e. The van der Waals surface area contributed by atoms with Gasteiger partial charge in [-0.05, 0) is 19.1 Å². The van der Waals surface area contributed by atoms with Crippen LogP contribution in [0.4, 0.5) is 10.3 Å². The number of aryl methyl sites for hydroxylation is 1. The van der Waals surface area contributed by atoms with Crippen LogP contribution in [0.1, 0.15) is 5.56 Å².